The lowest BCUT2D eigenvalue weighted by atomic mass is 9.87. The Bertz CT molecular complexity index is 790. The first-order valence-corrected chi connectivity index (χ1v) is 8.40. The highest BCUT2D eigenvalue weighted by atomic mass is 19.1. The maximum atomic E-state index is 13.6. The van der Waals surface area contributed by atoms with E-state index >= 15 is 0 Å². The van der Waals surface area contributed by atoms with Crippen LogP contribution in [0.25, 0.3) is 0 Å². The van der Waals surface area contributed by atoms with Crippen LogP contribution in [0, 0.1) is 5.82 Å². The summed E-state index contributed by atoms with van der Waals surface area (Å²) in [7, 11) is 0. The molecule has 3 rings (SSSR count). The molecule has 1 amide bonds. The fourth-order valence-corrected chi connectivity index (χ4v) is 3.10. The van der Waals surface area contributed by atoms with Gasteiger partial charge in [0.25, 0.3) is 5.91 Å². The van der Waals surface area contributed by atoms with Gasteiger partial charge in [-0.2, -0.15) is 0 Å². The predicted octanol–water partition coefficient (Wildman–Crippen LogP) is 3.56. The molecule has 1 aliphatic rings. The molecule has 0 spiro atoms. The predicted molar refractivity (Wildman–Crippen MR) is 91.5 cm³/mol. The van der Waals surface area contributed by atoms with Gasteiger partial charge in [-0.15, -0.1) is 0 Å². The van der Waals surface area contributed by atoms with Gasteiger partial charge in [0.1, 0.15) is 5.82 Å². The summed E-state index contributed by atoms with van der Waals surface area (Å²) in [6, 6.07) is 13.5. The highest BCUT2D eigenvalue weighted by Crippen LogP contribution is 2.29. The van der Waals surface area contributed by atoms with Crippen molar-refractivity contribution in [3.63, 3.8) is 0 Å². The fraction of sp³-hybridized carbons (Fsp3) is 0.300. The number of aryl methyl sites for hydroxylation is 1. The number of ether oxygens (including phenoxy) is 1. The standard InChI is InChI=1S/C20H20FNO3/c1-13(25-20(24)16-10-4-5-11-17(16)21)19(23)22-18-12-6-8-14-7-2-3-9-15(14)18/h2-5,7,9-11,13,18H,6,8,12H2,1H3,(H,22,23)/t13-,18-/m0/s1. The van der Waals surface area contributed by atoms with E-state index in [0.717, 1.165) is 24.8 Å². The molecule has 0 bridgehead atoms. The molecule has 25 heavy (non-hydrogen) atoms. The molecule has 0 aliphatic heterocycles. The van der Waals surface area contributed by atoms with Crippen molar-refractivity contribution in [1.82, 2.24) is 5.32 Å². The van der Waals surface area contributed by atoms with Crippen molar-refractivity contribution in [3.05, 3.63) is 71.0 Å². The summed E-state index contributed by atoms with van der Waals surface area (Å²) >= 11 is 0. The molecular weight excluding hydrogens is 321 g/mol. The molecule has 0 aromatic heterocycles. The smallest absolute Gasteiger partial charge is 0.341 e. The van der Waals surface area contributed by atoms with Crippen molar-refractivity contribution in [2.45, 2.75) is 38.3 Å². The minimum atomic E-state index is -0.999. The fourth-order valence-electron chi connectivity index (χ4n) is 3.10. The van der Waals surface area contributed by atoms with Crippen molar-refractivity contribution in [1.29, 1.82) is 0 Å². The molecule has 2 atom stereocenters. The molecule has 130 valence electrons. The monoisotopic (exact) mass is 341 g/mol. The van der Waals surface area contributed by atoms with Crippen molar-refractivity contribution in [2.24, 2.45) is 0 Å². The van der Waals surface area contributed by atoms with E-state index in [2.05, 4.69) is 11.4 Å². The van der Waals surface area contributed by atoms with Crippen LogP contribution in [0.2, 0.25) is 0 Å². The Hall–Kier alpha value is -2.69. The molecule has 0 fully saturated rings. The first-order chi connectivity index (χ1) is 12.1. The maximum Gasteiger partial charge on any atom is 0.341 e. The largest absolute Gasteiger partial charge is 0.449 e. The number of carbonyl (C=O) groups excluding carboxylic acids is 2. The normalized spacial score (nSPS) is 17.3. The second-order valence-electron chi connectivity index (χ2n) is 6.18. The summed E-state index contributed by atoms with van der Waals surface area (Å²) in [6.45, 7) is 1.49. The number of rotatable bonds is 4. The number of amides is 1. The van der Waals surface area contributed by atoms with E-state index in [1.807, 2.05) is 18.2 Å². The Labute approximate surface area is 146 Å². The Morgan fingerprint density at radius 3 is 2.68 bits per heavy atom. The minimum Gasteiger partial charge on any atom is -0.449 e. The van der Waals surface area contributed by atoms with Gasteiger partial charge < -0.3 is 10.1 Å². The number of hydrogen-bond donors (Lipinski definition) is 1. The van der Waals surface area contributed by atoms with Gasteiger partial charge in [-0.05, 0) is 49.4 Å². The molecule has 0 heterocycles. The molecule has 1 aliphatic carbocycles. The Balaban J connectivity index is 1.64. The highest BCUT2D eigenvalue weighted by Gasteiger charge is 2.26. The van der Waals surface area contributed by atoms with Crippen LogP contribution in [0.5, 0.6) is 0 Å². The Kier molecular flexibility index (Phi) is 5.12. The average Bonchev–Trinajstić information content (AvgIpc) is 2.62. The quantitative estimate of drug-likeness (QED) is 0.865. The van der Waals surface area contributed by atoms with Crippen LogP contribution < -0.4 is 5.32 Å². The summed E-state index contributed by atoms with van der Waals surface area (Å²) in [5.41, 5.74) is 2.16. The number of benzene rings is 2. The molecule has 0 saturated heterocycles. The number of carbonyl (C=O) groups is 2. The van der Waals surface area contributed by atoms with Crippen LogP contribution in [-0.4, -0.2) is 18.0 Å². The van der Waals surface area contributed by atoms with Gasteiger partial charge in [0, 0.05) is 0 Å². The first kappa shape index (κ1) is 17.1. The van der Waals surface area contributed by atoms with Gasteiger partial charge in [0.05, 0.1) is 11.6 Å². The zero-order valence-electron chi connectivity index (χ0n) is 14.0. The van der Waals surface area contributed by atoms with Crippen LogP contribution in [0.15, 0.2) is 48.5 Å². The van der Waals surface area contributed by atoms with E-state index in [1.54, 1.807) is 6.07 Å². The number of fused-ring (bicyclic) bond motifs is 1. The molecular formula is C20H20FNO3. The van der Waals surface area contributed by atoms with Crippen molar-refractivity contribution in [2.75, 3.05) is 0 Å². The highest BCUT2D eigenvalue weighted by molar-refractivity contribution is 5.92. The SMILES string of the molecule is C[C@H](OC(=O)c1ccccc1F)C(=O)N[C@H]1CCCc2ccccc21. The Morgan fingerprint density at radius 1 is 1.16 bits per heavy atom. The van der Waals surface area contributed by atoms with E-state index in [1.165, 1.54) is 30.7 Å². The van der Waals surface area contributed by atoms with Gasteiger partial charge in [0.2, 0.25) is 0 Å². The third-order valence-electron chi connectivity index (χ3n) is 4.43. The summed E-state index contributed by atoms with van der Waals surface area (Å²) in [5.74, 6) is -1.89. The number of hydrogen-bond acceptors (Lipinski definition) is 3. The van der Waals surface area contributed by atoms with E-state index in [4.69, 9.17) is 4.74 Å². The van der Waals surface area contributed by atoms with Crippen molar-refractivity contribution < 1.29 is 18.7 Å². The number of nitrogens with one attached hydrogen (secondary N) is 1. The van der Waals surface area contributed by atoms with Crippen LogP contribution in [0.3, 0.4) is 0 Å². The Morgan fingerprint density at radius 2 is 1.88 bits per heavy atom. The van der Waals surface area contributed by atoms with Gasteiger partial charge in [0.15, 0.2) is 6.10 Å². The summed E-state index contributed by atoms with van der Waals surface area (Å²) in [6.07, 6.45) is 1.84. The zero-order valence-corrected chi connectivity index (χ0v) is 14.0. The molecule has 0 unspecified atom stereocenters. The second kappa shape index (κ2) is 7.47. The average molecular weight is 341 g/mol. The first-order valence-electron chi connectivity index (χ1n) is 8.40. The minimum absolute atomic E-state index is 0.0907. The van der Waals surface area contributed by atoms with Crippen molar-refractivity contribution >= 4 is 11.9 Å². The van der Waals surface area contributed by atoms with E-state index in [-0.39, 0.29) is 17.5 Å². The lowest BCUT2D eigenvalue weighted by Gasteiger charge is -2.27. The molecule has 2 aromatic carbocycles. The molecule has 4 nitrogen and oxygen atoms in total. The lowest BCUT2D eigenvalue weighted by Crippen LogP contribution is -2.39. The number of halogens is 1. The maximum absolute atomic E-state index is 13.6. The van der Waals surface area contributed by atoms with Crippen LogP contribution in [-0.2, 0) is 16.0 Å². The third-order valence-corrected chi connectivity index (χ3v) is 4.43. The van der Waals surface area contributed by atoms with E-state index < -0.39 is 17.9 Å². The van der Waals surface area contributed by atoms with Crippen LogP contribution >= 0.6 is 0 Å². The summed E-state index contributed by atoms with van der Waals surface area (Å²) in [4.78, 5) is 24.4. The number of esters is 1. The van der Waals surface area contributed by atoms with E-state index in [0.29, 0.717) is 0 Å². The molecule has 1 N–H and O–H groups in total. The molecule has 2 aromatic rings. The van der Waals surface area contributed by atoms with E-state index in [9.17, 15) is 14.0 Å². The summed E-state index contributed by atoms with van der Waals surface area (Å²) < 4.78 is 18.7. The van der Waals surface area contributed by atoms with Crippen molar-refractivity contribution in [3.8, 4) is 0 Å². The topological polar surface area (TPSA) is 55.4 Å². The zero-order chi connectivity index (χ0) is 17.8. The molecule has 0 saturated carbocycles. The lowest BCUT2D eigenvalue weighted by molar-refractivity contribution is -0.130. The summed E-state index contributed by atoms with van der Waals surface area (Å²) in [5, 5.41) is 2.94. The third kappa shape index (κ3) is 3.87. The van der Waals surface area contributed by atoms with Gasteiger partial charge >= 0.3 is 5.97 Å². The van der Waals surface area contributed by atoms with Gasteiger partial charge in [-0.25, -0.2) is 9.18 Å². The van der Waals surface area contributed by atoms with Crippen LogP contribution in [0.4, 0.5) is 4.39 Å². The molecule has 0 radical (unpaired) electrons. The van der Waals surface area contributed by atoms with Gasteiger partial charge in [-0.3, -0.25) is 4.79 Å². The van der Waals surface area contributed by atoms with Gasteiger partial charge in [-0.1, -0.05) is 36.4 Å². The van der Waals surface area contributed by atoms with Crippen LogP contribution in [0.1, 0.15) is 47.3 Å². The molecule has 5 heteroatoms. The second-order valence-corrected chi connectivity index (χ2v) is 6.18.